The fourth-order valence-corrected chi connectivity index (χ4v) is 3.38. The first-order chi connectivity index (χ1) is 11.0. The van der Waals surface area contributed by atoms with Gasteiger partial charge in [0, 0.05) is 18.0 Å². The van der Waals surface area contributed by atoms with Crippen LogP contribution < -0.4 is 5.32 Å². The lowest BCUT2D eigenvalue weighted by Crippen LogP contribution is -2.44. The van der Waals surface area contributed by atoms with Gasteiger partial charge in [-0.3, -0.25) is 4.79 Å². The third kappa shape index (κ3) is 2.32. The molecule has 2 aliphatic rings. The standard InChI is InChI=1S/C16H17FN2O4/c1-19-11-3-2-9(17)4-8(11)5-12(19)16(21)18-10-6-22-15-13(20)7-23-14(10)15/h2-5,10,13-15,20H,6-7H2,1H3,(H,18,21)/t10-,13-,14-,15-/m1/s1. The lowest BCUT2D eigenvalue weighted by atomic mass is 10.1. The molecule has 2 fully saturated rings. The molecule has 7 heteroatoms. The van der Waals surface area contributed by atoms with Crippen molar-refractivity contribution in [3.05, 3.63) is 35.8 Å². The summed E-state index contributed by atoms with van der Waals surface area (Å²) in [4.78, 5) is 12.5. The van der Waals surface area contributed by atoms with Gasteiger partial charge >= 0.3 is 0 Å². The second-order valence-corrected chi connectivity index (χ2v) is 6.03. The van der Waals surface area contributed by atoms with E-state index in [4.69, 9.17) is 9.47 Å². The first-order valence-corrected chi connectivity index (χ1v) is 7.52. The second kappa shape index (κ2) is 5.30. The number of nitrogens with one attached hydrogen (secondary N) is 1. The Labute approximate surface area is 131 Å². The molecule has 1 aromatic carbocycles. The van der Waals surface area contributed by atoms with Crippen LogP contribution in [0, 0.1) is 5.82 Å². The maximum Gasteiger partial charge on any atom is 0.268 e. The number of hydrogen-bond acceptors (Lipinski definition) is 4. The first-order valence-electron chi connectivity index (χ1n) is 7.52. The average Bonchev–Trinajstić information content (AvgIpc) is 3.17. The lowest BCUT2D eigenvalue weighted by Gasteiger charge is -2.17. The van der Waals surface area contributed by atoms with Crippen LogP contribution in [0.4, 0.5) is 4.39 Å². The van der Waals surface area contributed by atoms with Crippen molar-refractivity contribution in [2.45, 2.75) is 24.4 Å². The summed E-state index contributed by atoms with van der Waals surface area (Å²) >= 11 is 0. The molecule has 23 heavy (non-hydrogen) atoms. The first kappa shape index (κ1) is 14.6. The van der Waals surface area contributed by atoms with Crippen LogP contribution in [0.2, 0.25) is 0 Å². The molecule has 0 aliphatic carbocycles. The Hall–Kier alpha value is -1.96. The van der Waals surface area contributed by atoms with Gasteiger partial charge in [0.1, 0.15) is 29.8 Å². The van der Waals surface area contributed by atoms with Gasteiger partial charge in [-0.15, -0.1) is 0 Å². The molecule has 2 aromatic rings. The summed E-state index contributed by atoms with van der Waals surface area (Å²) in [5.41, 5.74) is 1.22. The van der Waals surface area contributed by atoms with E-state index in [1.165, 1.54) is 12.1 Å². The number of nitrogens with zero attached hydrogens (tertiary/aromatic N) is 1. The number of aliphatic hydroxyl groups is 1. The van der Waals surface area contributed by atoms with Crippen molar-refractivity contribution < 1.29 is 23.8 Å². The maximum absolute atomic E-state index is 13.3. The van der Waals surface area contributed by atoms with E-state index in [2.05, 4.69) is 5.32 Å². The number of aromatic nitrogens is 1. The van der Waals surface area contributed by atoms with Gasteiger partial charge in [0.15, 0.2) is 0 Å². The molecular weight excluding hydrogens is 303 g/mol. The number of aryl methyl sites for hydroxylation is 1. The van der Waals surface area contributed by atoms with Gasteiger partial charge in [-0.2, -0.15) is 0 Å². The number of fused-ring (bicyclic) bond motifs is 2. The van der Waals surface area contributed by atoms with Crippen LogP contribution in [0.5, 0.6) is 0 Å². The summed E-state index contributed by atoms with van der Waals surface area (Å²) in [6.45, 7) is 0.520. The zero-order valence-electron chi connectivity index (χ0n) is 12.5. The van der Waals surface area contributed by atoms with Gasteiger partial charge < -0.3 is 24.5 Å². The minimum Gasteiger partial charge on any atom is -0.388 e. The summed E-state index contributed by atoms with van der Waals surface area (Å²) in [7, 11) is 1.76. The van der Waals surface area contributed by atoms with E-state index in [0.717, 1.165) is 5.52 Å². The molecule has 4 atom stereocenters. The SMILES string of the molecule is Cn1c(C(=O)N[C@@H]2CO[C@H]3[C@@H]2OC[C@H]3O)cc2cc(F)ccc21. The highest BCUT2D eigenvalue weighted by atomic mass is 19.1. The van der Waals surface area contributed by atoms with Crippen LogP contribution in [0.3, 0.4) is 0 Å². The Kier molecular flexibility index (Phi) is 3.37. The molecule has 6 nitrogen and oxygen atoms in total. The minimum atomic E-state index is -0.650. The third-order valence-electron chi connectivity index (χ3n) is 4.58. The number of amides is 1. The predicted octanol–water partition coefficient (Wildman–Crippen LogP) is 0.574. The molecule has 2 N–H and O–H groups in total. The molecule has 2 saturated heterocycles. The van der Waals surface area contributed by atoms with E-state index in [-0.39, 0.29) is 36.6 Å². The topological polar surface area (TPSA) is 72.7 Å². The predicted molar refractivity (Wildman–Crippen MR) is 79.6 cm³/mol. The largest absolute Gasteiger partial charge is 0.388 e. The van der Waals surface area contributed by atoms with Gasteiger partial charge in [0.2, 0.25) is 0 Å². The molecular formula is C16H17FN2O4. The minimum absolute atomic E-state index is 0.217. The molecule has 0 spiro atoms. The zero-order valence-corrected chi connectivity index (χ0v) is 12.5. The summed E-state index contributed by atoms with van der Waals surface area (Å²) in [5.74, 6) is -0.612. The molecule has 0 radical (unpaired) electrons. The van der Waals surface area contributed by atoms with Crippen LogP contribution in [0.25, 0.3) is 10.9 Å². The van der Waals surface area contributed by atoms with E-state index >= 15 is 0 Å². The molecule has 0 saturated carbocycles. The van der Waals surface area contributed by atoms with Crippen molar-refractivity contribution >= 4 is 16.8 Å². The highest BCUT2D eigenvalue weighted by Crippen LogP contribution is 2.27. The van der Waals surface area contributed by atoms with Gasteiger partial charge in [-0.25, -0.2) is 4.39 Å². The number of carbonyl (C=O) groups excluding carboxylic acids is 1. The van der Waals surface area contributed by atoms with Gasteiger partial charge in [-0.1, -0.05) is 0 Å². The van der Waals surface area contributed by atoms with Crippen LogP contribution in [0.15, 0.2) is 24.3 Å². The second-order valence-electron chi connectivity index (χ2n) is 6.03. The number of benzene rings is 1. The fraction of sp³-hybridized carbons (Fsp3) is 0.438. The van der Waals surface area contributed by atoms with Gasteiger partial charge in [0.25, 0.3) is 5.91 Å². The summed E-state index contributed by atoms with van der Waals surface area (Å²) in [5, 5.41) is 13.3. The molecule has 0 unspecified atom stereocenters. The molecule has 4 rings (SSSR count). The fourth-order valence-electron chi connectivity index (χ4n) is 3.38. The van der Waals surface area contributed by atoms with Crippen LogP contribution in [-0.2, 0) is 16.5 Å². The monoisotopic (exact) mass is 320 g/mol. The van der Waals surface area contributed by atoms with Crippen molar-refractivity contribution in [1.82, 2.24) is 9.88 Å². The maximum atomic E-state index is 13.3. The number of halogens is 1. The molecule has 122 valence electrons. The Morgan fingerprint density at radius 1 is 1.30 bits per heavy atom. The Bertz CT molecular complexity index is 775. The molecule has 1 amide bonds. The summed E-state index contributed by atoms with van der Waals surface area (Å²) in [6, 6.07) is 5.77. The quantitative estimate of drug-likeness (QED) is 0.849. The summed E-state index contributed by atoms with van der Waals surface area (Å²) in [6.07, 6.45) is -1.37. The highest BCUT2D eigenvalue weighted by molar-refractivity contribution is 5.98. The normalized spacial score (nSPS) is 29.9. The van der Waals surface area contributed by atoms with Crippen molar-refractivity contribution in [1.29, 1.82) is 0 Å². The van der Waals surface area contributed by atoms with Crippen molar-refractivity contribution in [3.8, 4) is 0 Å². The number of aliphatic hydroxyl groups excluding tert-OH is 1. The lowest BCUT2D eigenvalue weighted by molar-refractivity contribution is 0.0178. The van der Waals surface area contributed by atoms with E-state index in [0.29, 0.717) is 17.7 Å². The Morgan fingerprint density at radius 2 is 2.09 bits per heavy atom. The van der Waals surface area contributed by atoms with E-state index < -0.39 is 6.10 Å². The number of hydrogen-bond donors (Lipinski definition) is 2. The summed E-state index contributed by atoms with van der Waals surface area (Å²) < 4.78 is 26.0. The van der Waals surface area contributed by atoms with Crippen LogP contribution in [-0.4, -0.2) is 53.1 Å². The molecule has 2 aliphatic heterocycles. The van der Waals surface area contributed by atoms with Crippen LogP contribution in [0.1, 0.15) is 10.5 Å². The smallest absolute Gasteiger partial charge is 0.268 e. The number of ether oxygens (including phenoxy) is 2. The molecule has 1 aromatic heterocycles. The highest BCUT2D eigenvalue weighted by Gasteiger charge is 2.47. The number of rotatable bonds is 2. The third-order valence-corrected chi connectivity index (χ3v) is 4.58. The van der Waals surface area contributed by atoms with Crippen molar-refractivity contribution in [2.24, 2.45) is 7.05 Å². The van der Waals surface area contributed by atoms with E-state index in [9.17, 15) is 14.3 Å². The van der Waals surface area contributed by atoms with Gasteiger partial charge in [0.05, 0.1) is 19.3 Å². The zero-order chi connectivity index (χ0) is 16.1. The van der Waals surface area contributed by atoms with E-state index in [1.54, 1.807) is 23.7 Å². The van der Waals surface area contributed by atoms with E-state index in [1.807, 2.05) is 0 Å². The Balaban J connectivity index is 1.57. The molecule has 3 heterocycles. The van der Waals surface area contributed by atoms with Crippen molar-refractivity contribution in [2.75, 3.05) is 13.2 Å². The van der Waals surface area contributed by atoms with Gasteiger partial charge in [-0.05, 0) is 24.3 Å². The van der Waals surface area contributed by atoms with Crippen molar-refractivity contribution in [3.63, 3.8) is 0 Å². The molecule has 0 bridgehead atoms. The number of carbonyl (C=O) groups is 1. The van der Waals surface area contributed by atoms with Crippen LogP contribution >= 0.6 is 0 Å². The average molecular weight is 320 g/mol. The Morgan fingerprint density at radius 3 is 2.91 bits per heavy atom.